The molecule has 9 rings (SSSR count). The zero-order valence-electron chi connectivity index (χ0n) is 37.0. The molecule has 2 aliphatic carbocycles. The Hall–Kier alpha value is -2.64. The fourth-order valence-corrected chi connectivity index (χ4v) is 30.3. The van der Waals surface area contributed by atoms with Crippen LogP contribution >= 0.6 is 11.6 Å². The topological polar surface area (TPSA) is 0 Å². The third-order valence-corrected chi connectivity index (χ3v) is 29.0. The summed E-state index contributed by atoms with van der Waals surface area (Å²) < 4.78 is 0. The second-order valence-corrected chi connectivity index (χ2v) is 39.3. The first-order valence-corrected chi connectivity index (χ1v) is 33.3. The fraction of sp³-hybridized carbons (Fsp3) is 0.259. The first kappa shape index (κ1) is 46.9. The minimum atomic E-state index is -3.08. The van der Waals surface area contributed by atoms with E-state index in [1.807, 2.05) is 0 Å². The average molecular weight is 951 g/mol. The van der Waals surface area contributed by atoms with Crippen LogP contribution in [0.4, 0.5) is 0 Å². The van der Waals surface area contributed by atoms with E-state index < -0.39 is 32.3 Å². The van der Waals surface area contributed by atoms with Crippen LogP contribution in [0.15, 0.2) is 170 Å². The maximum atomic E-state index is 8.88. The van der Waals surface area contributed by atoms with E-state index in [9.17, 15) is 0 Å². The molecule has 0 amide bonds. The third-order valence-electron chi connectivity index (χ3n) is 13.8. The van der Waals surface area contributed by atoms with Crippen molar-refractivity contribution in [2.45, 2.75) is 80.2 Å². The summed E-state index contributed by atoms with van der Waals surface area (Å²) in [5, 5.41) is 7.29. The van der Waals surface area contributed by atoms with E-state index in [0.717, 1.165) is 0 Å². The summed E-state index contributed by atoms with van der Waals surface area (Å²) in [6.45, 7) is 15.5. The van der Waals surface area contributed by atoms with Crippen molar-refractivity contribution in [2.24, 2.45) is 5.92 Å². The van der Waals surface area contributed by atoms with E-state index >= 15 is 0 Å². The monoisotopic (exact) mass is 948 g/mol. The quantitative estimate of drug-likeness (QED) is 0.105. The Kier molecular flexibility index (Phi) is 14.2. The minimum absolute atomic E-state index is 0. The molecule has 6 heteroatoms. The first-order chi connectivity index (χ1) is 27.4. The summed E-state index contributed by atoms with van der Waals surface area (Å²) in [5.41, 5.74) is 6.81. The van der Waals surface area contributed by atoms with Gasteiger partial charge in [0.1, 0.15) is 0 Å². The van der Waals surface area contributed by atoms with Crippen LogP contribution in [0, 0.1) is 31.8 Å². The van der Waals surface area contributed by atoms with Crippen LogP contribution in [0.1, 0.15) is 45.5 Å². The van der Waals surface area contributed by atoms with Gasteiger partial charge in [0.05, 0.1) is 0 Å². The molecule has 6 atom stereocenters. The van der Waals surface area contributed by atoms with Crippen LogP contribution in [0.25, 0.3) is 0 Å². The molecule has 0 N–H and O–H groups in total. The summed E-state index contributed by atoms with van der Waals surface area (Å²) in [4.78, 5) is 0. The molecule has 6 unspecified atom stereocenters. The Morgan fingerprint density at radius 1 is 0.483 bits per heavy atom. The molecule has 6 aromatic carbocycles. The molecule has 0 bridgehead atoms. The van der Waals surface area contributed by atoms with Crippen molar-refractivity contribution in [3.63, 3.8) is 0 Å². The van der Waals surface area contributed by atoms with Crippen LogP contribution in [0.5, 0.6) is 0 Å². The Bertz CT molecular complexity index is 2240. The molecule has 306 valence electrons. The van der Waals surface area contributed by atoms with Gasteiger partial charge in [-0.1, -0.05) is 253 Å². The fourth-order valence-electron chi connectivity index (χ4n) is 12.1. The van der Waals surface area contributed by atoms with Gasteiger partial charge in [-0.05, 0) is 50.2 Å². The van der Waals surface area contributed by atoms with Gasteiger partial charge in [0.15, 0.2) is 0 Å². The van der Waals surface area contributed by atoms with Gasteiger partial charge in [-0.3, -0.25) is 0 Å². The van der Waals surface area contributed by atoms with E-state index in [1.165, 1.54) is 43.4 Å². The van der Waals surface area contributed by atoms with Crippen molar-refractivity contribution >= 4 is 64.6 Å². The summed E-state index contributed by atoms with van der Waals surface area (Å²) in [6, 6.07) is 72.3. The van der Waals surface area contributed by atoms with E-state index in [-0.39, 0.29) is 58.4 Å². The van der Waals surface area contributed by atoms with E-state index in [0.29, 0.717) is 17.4 Å². The molecule has 3 aliphatic rings. The van der Waals surface area contributed by atoms with E-state index in [1.54, 1.807) is 16.7 Å². The molecule has 0 nitrogen and oxygen atoms in total. The van der Waals surface area contributed by atoms with Crippen molar-refractivity contribution in [3.8, 4) is 0 Å². The van der Waals surface area contributed by atoms with Gasteiger partial charge in [-0.2, -0.15) is 11.8 Å². The van der Waals surface area contributed by atoms with Crippen LogP contribution < -0.4 is 20.7 Å². The molecular weight excluding hydrogens is 888 g/mol. The predicted molar refractivity (Wildman–Crippen MR) is 269 cm³/mol. The third kappa shape index (κ3) is 7.85. The summed E-state index contributed by atoms with van der Waals surface area (Å²) in [6.07, 6.45) is 0. The largest absolute Gasteiger partial charge is 4.00 e. The van der Waals surface area contributed by atoms with Crippen LogP contribution in [0.3, 0.4) is 0 Å². The Morgan fingerprint density at radius 3 is 1.27 bits per heavy atom. The van der Waals surface area contributed by atoms with Crippen molar-refractivity contribution in [1.82, 2.24) is 0 Å². The van der Waals surface area contributed by atoms with Crippen molar-refractivity contribution in [2.75, 3.05) is 0 Å². The number of hydrogen-bond acceptors (Lipinski definition) is 0. The van der Waals surface area contributed by atoms with E-state index in [2.05, 4.69) is 215 Å². The first-order valence-electron chi connectivity index (χ1n) is 21.2. The number of fused-ring (bicyclic) bond motifs is 6. The van der Waals surface area contributed by atoms with Crippen LogP contribution in [-0.2, 0) is 26.2 Å². The number of halogens is 1. The van der Waals surface area contributed by atoms with Crippen molar-refractivity contribution in [1.29, 1.82) is 0 Å². The van der Waals surface area contributed by atoms with Gasteiger partial charge < -0.3 is 32.5 Å². The van der Waals surface area contributed by atoms with Gasteiger partial charge in [-0.25, -0.2) is 5.00 Å². The van der Waals surface area contributed by atoms with E-state index in [4.69, 9.17) is 11.6 Å². The average Bonchev–Trinajstić information content (AvgIpc) is 3.68. The normalized spacial score (nSPS) is 23.8. The van der Waals surface area contributed by atoms with Gasteiger partial charge in [0.25, 0.3) is 0 Å². The molecule has 0 aromatic heterocycles. The molecule has 1 aliphatic heterocycles. The Morgan fingerprint density at radius 2 is 0.833 bits per heavy atom. The second-order valence-electron chi connectivity index (χ2n) is 19.7. The van der Waals surface area contributed by atoms with Crippen molar-refractivity contribution < 1.29 is 26.2 Å². The van der Waals surface area contributed by atoms with Gasteiger partial charge >= 0.3 is 26.2 Å². The minimum Gasteiger partial charge on any atom is -0.358 e. The maximum absolute atomic E-state index is 8.88. The van der Waals surface area contributed by atoms with Gasteiger partial charge in [0, 0.05) is 16.1 Å². The second kappa shape index (κ2) is 18.2. The number of hydrogen-bond donors (Lipinski definition) is 0. The SMILES string of the molecule is C[Si](C)(C)CC1c2ccccc2C2[C-](Cl)[Si](c3ccccc3)(c3ccccc3)C3C(C[Si](C)(C)C)c4ccccc4C3[Si](c3ccccc3)(c3ccccc3)[CH-]C12.[CH3-].[CH3-].[Zr+4]. The molecule has 1 saturated heterocycles. The van der Waals surface area contributed by atoms with Crippen LogP contribution in [-0.4, -0.2) is 32.3 Å². The molecule has 1 fully saturated rings. The molecule has 60 heavy (non-hydrogen) atoms. The van der Waals surface area contributed by atoms with Crippen LogP contribution in [0.2, 0.25) is 56.9 Å². The van der Waals surface area contributed by atoms with Crippen molar-refractivity contribution in [3.05, 3.63) is 218 Å². The zero-order valence-corrected chi connectivity index (χ0v) is 44.2. The zero-order chi connectivity index (χ0) is 39.6. The molecule has 1 heterocycles. The predicted octanol–water partition coefficient (Wildman–Crippen LogP) is 12.4. The molecule has 0 spiro atoms. The molecular formula is C54H63ClSi4Zr. The summed E-state index contributed by atoms with van der Waals surface area (Å²) in [5.74, 6) is 1.19. The standard InChI is InChI=1S/C52H57ClSi4.2CH3.Zr/c1-54(2,3)35-46-42-31-19-21-33-44(42)49-47(46)37-56(38-23-11-7-12-24-38,39-25-13-8-14-26-39)50-45-34-22-20-32-43(45)48(36-55(4,5)6)51(50)57(52(49)53,40-27-15-9-16-28-40)41-29-17-10-18-30-41;;;/h7-34,37,46-51H,35-36H2,1-6H3;2*1H3;/q-2;2*-1;+4. The Balaban J connectivity index is 0.00000201. The van der Waals surface area contributed by atoms with Gasteiger partial charge in [-0.15, -0.1) is 0 Å². The molecule has 6 aromatic rings. The smallest absolute Gasteiger partial charge is 0.358 e. The number of rotatable bonds is 8. The Labute approximate surface area is 391 Å². The molecule has 0 radical (unpaired) electrons. The summed E-state index contributed by atoms with van der Waals surface area (Å²) >= 11 is 8.88. The number of benzene rings is 6. The maximum Gasteiger partial charge on any atom is 4.00 e. The van der Waals surface area contributed by atoms with Gasteiger partial charge in [0.2, 0.25) is 0 Å². The summed E-state index contributed by atoms with van der Waals surface area (Å²) in [7, 11) is -9.13. The molecule has 0 saturated carbocycles.